The first-order chi connectivity index (χ1) is 11.8. The lowest BCUT2D eigenvalue weighted by molar-refractivity contribution is -0.149. The normalized spacial score (nSPS) is 17.4. The Morgan fingerprint density at radius 1 is 1.32 bits per heavy atom. The fourth-order valence-electron chi connectivity index (χ4n) is 2.73. The Hall–Kier alpha value is -1.22. The van der Waals surface area contributed by atoms with Gasteiger partial charge in [-0.25, -0.2) is 0 Å². The van der Waals surface area contributed by atoms with E-state index < -0.39 is 12.0 Å². The summed E-state index contributed by atoms with van der Waals surface area (Å²) in [5.74, 6) is -0.536. The second-order valence-corrected chi connectivity index (χ2v) is 6.80. The zero-order valence-electron chi connectivity index (χ0n) is 16.2. The molecule has 0 bridgehead atoms. The van der Waals surface area contributed by atoms with Crippen molar-refractivity contribution in [1.82, 2.24) is 15.1 Å². The zero-order chi connectivity index (χ0) is 18.9. The van der Waals surface area contributed by atoms with Crippen molar-refractivity contribution in [3.63, 3.8) is 0 Å². The number of hydrogen-bond donors (Lipinski definition) is 1. The maximum absolute atomic E-state index is 12.3. The molecule has 146 valence electrons. The minimum atomic E-state index is -0.594. The summed E-state index contributed by atoms with van der Waals surface area (Å²) >= 11 is 0. The van der Waals surface area contributed by atoms with Gasteiger partial charge in [0, 0.05) is 31.8 Å². The summed E-state index contributed by atoms with van der Waals surface area (Å²) in [5.41, 5.74) is -0.148. The highest BCUT2D eigenvalue weighted by atomic mass is 16.5. The topological polar surface area (TPSA) is 80.3 Å². The predicted octanol–water partition coefficient (Wildman–Crippen LogP) is -0.277. The number of esters is 1. The molecule has 1 atom stereocenters. The Labute approximate surface area is 150 Å². The van der Waals surface area contributed by atoms with Crippen LogP contribution in [0.2, 0.25) is 0 Å². The Kier molecular flexibility index (Phi) is 9.34. The number of nitrogens with one attached hydrogen (secondary N) is 1. The highest BCUT2D eigenvalue weighted by Crippen LogP contribution is 2.15. The molecular weight excluding hydrogens is 326 g/mol. The largest absolute Gasteiger partial charge is 0.468 e. The van der Waals surface area contributed by atoms with Crippen molar-refractivity contribution in [3.05, 3.63) is 0 Å². The average Bonchev–Trinajstić information content (AvgIpc) is 2.61. The minimum absolute atomic E-state index is 0.103. The number of hydrogen-bond acceptors (Lipinski definition) is 7. The first-order valence-corrected chi connectivity index (χ1v) is 8.77. The van der Waals surface area contributed by atoms with Gasteiger partial charge in [-0.15, -0.1) is 0 Å². The third-order valence-electron chi connectivity index (χ3n) is 4.46. The Morgan fingerprint density at radius 2 is 1.96 bits per heavy atom. The third kappa shape index (κ3) is 7.27. The number of amides is 1. The van der Waals surface area contributed by atoms with Gasteiger partial charge in [-0.2, -0.15) is 0 Å². The van der Waals surface area contributed by atoms with Crippen LogP contribution in [0.15, 0.2) is 0 Å². The fraction of sp³-hybridized carbons (Fsp3) is 0.882. The molecule has 0 radical (unpaired) electrons. The Balaban J connectivity index is 2.48. The van der Waals surface area contributed by atoms with Crippen LogP contribution in [0.5, 0.6) is 0 Å². The first-order valence-electron chi connectivity index (χ1n) is 8.77. The number of methoxy groups -OCH3 is 1. The van der Waals surface area contributed by atoms with Gasteiger partial charge in [0.25, 0.3) is 0 Å². The van der Waals surface area contributed by atoms with Crippen molar-refractivity contribution in [1.29, 1.82) is 0 Å². The SMILES string of the molecule is CCOC[C@H](C(=O)OC)N(C)CC(=O)NCC(C)(C)N1CCOCC1. The summed E-state index contributed by atoms with van der Waals surface area (Å²) in [4.78, 5) is 28.1. The van der Waals surface area contributed by atoms with E-state index in [0.717, 1.165) is 26.3 Å². The quantitative estimate of drug-likeness (QED) is 0.538. The zero-order valence-corrected chi connectivity index (χ0v) is 16.2. The highest BCUT2D eigenvalue weighted by molar-refractivity contribution is 5.80. The molecule has 0 aromatic carbocycles. The van der Waals surface area contributed by atoms with E-state index in [4.69, 9.17) is 14.2 Å². The number of rotatable bonds is 10. The van der Waals surface area contributed by atoms with Gasteiger partial charge in [0.15, 0.2) is 0 Å². The standard InChI is InChI=1S/C17H33N3O5/c1-6-24-12-14(16(22)23-5)19(4)11-15(21)18-13-17(2,3)20-7-9-25-10-8-20/h14H,6-13H2,1-5H3,(H,18,21)/t14-/m1/s1. The summed E-state index contributed by atoms with van der Waals surface area (Å²) in [5, 5.41) is 2.96. The Bertz CT molecular complexity index is 425. The molecule has 1 aliphatic rings. The van der Waals surface area contributed by atoms with E-state index in [-0.39, 0.29) is 24.6 Å². The molecule has 1 rings (SSSR count). The van der Waals surface area contributed by atoms with Gasteiger partial charge in [-0.1, -0.05) is 0 Å². The molecular formula is C17H33N3O5. The number of morpholine rings is 1. The summed E-state index contributed by atoms with van der Waals surface area (Å²) in [7, 11) is 3.05. The number of likely N-dealkylation sites (N-methyl/N-ethyl adjacent to an activating group) is 1. The molecule has 1 N–H and O–H groups in total. The second-order valence-electron chi connectivity index (χ2n) is 6.80. The van der Waals surface area contributed by atoms with Crippen LogP contribution in [0.1, 0.15) is 20.8 Å². The van der Waals surface area contributed by atoms with E-state index >= 15 is 0 Å². The number of carbonyl (C=O) groups excluding carboxylic acids is 2. The van der Waals surface area contributed by atoms with Gasteiger partial charge in [-0.05, 0) is 27.8 Å². The molecule has 0 saturated carbocycles. The maximum Gasteiger partial charge on any atom is 0.325 e. The molecule has 25 heavy (non-hydrogen) atoms. The van der Waals surface area contributed by atoms with Crippen molar-refractivity contribution in [2.45, 2.75) is 32.4 Å². The molecule has 0 unspecified atom stereocenters. The van der Waals surface area contributed by atoms with Crippen molar-refractivity contribution in [2.24, 2.45) is 0 Å². The van der Waals surface area contributed by atoms with E-state index in [0.29, 0.717) is 13.2 Å². The molecule has 0 aromatic rings. The van der Waals surface area contributed by atoms with Gasteiger partial charge < -0.3 is 19.5 Å². The number of carbonyl (C=O) groups is 2. The van der Waals surface area contributed by atoms with E-state index in [9.17, 15) is 9.59 Å². The van der Waals surface area contributed by atoms with Crippen LogP contribution in [0.3, 0.4) is 0 Å². The van der Waals surface area contributed by atoms with E-state index in [2.05, 4.69) is 24.1 Å². The molecule has 1 amide bonds. The summed E-state index contributed by atoms with van der Waals surface area (Å²) in [6, 6.07) is -0.594. The molecule has 1 saturated heterocycles. The van der Waals surface area contributed by atoms with Crippen LogP contribution in [0, 0.1) is 0 Å². The molecule has 1 heterocycles. The molecule has 8 nitrogen and oxygen atoms in total. The third-order valence-corrected chi connectivity index (χ3v) is 4.46. The molecule has 0 aromatic heterocycles. The maximum atomic E-state index is 12.3. The van der Waals surface area contributed by atoms with Crippen LogP contribution in [-0.4, -0.2) is 100 Å². The molecule has 1 fully saturated rings. The average molecular weight is 359 g/mol. The van der Waals surface area contributed by atoms with E-state index in [1.807, 2.05) is 6.92 Å². The summed E-state index contributed by atoms with van der Waals surface area (Å²) < 4.78 is 15.5. The van der Waals surface area contributed by atoms with Gasteiger partial charge in [0.05, 0.1) is 33.5 Å². The summed E-state index contributed by atoms with van der Waals surface area (Å²) in [6.45, 7) is 10.6. The van der Waals surface area contributed by atoms with Crippen molar-refractivity contribution in [3.8, 4) is 0 Å². The number of nitrogens with zero attached hydrogens (tertiary/aromatic N) is 2. The van der Waals surface area contributed by atoms with Gasteiger partial charge in [0.1, 0.15) is 6.04 Å². The highest BCUT2D eigenvalue weighted by Gasteiger charge is 2.30. The predicted molar refractivity (Wildman–Crippen MR) is 94.4 cm³/mol. The van der Waals surface area contributed by atoms with Crippen LogP contribution >= 0.6 is 0 Å². The lowest BCUT2D eigenvalue weighted by Crippen LogP contribution is -2.56. The summed E-state index contributed by atoms with van der Waals surface area (Å²) in [6.07, 6.45) is 0. The lowest BCUT2D eigenvalue weighted by Gasteiger charge is -2.41. The molecule has 8 heteroatoms. The van der Waals surface area contributed by atoms with Crippen LogP contribution in [-0.2, 0) is 23.8 Å². The Morgan fingerprint density at radius 3 is 2.52 bits per heavy atom. The van der Waals surface area contributed by atoms with Crippen LogP contribution < -0.4 is 5.32 Å². The van der Waals surface area contributed by atoms with Gasteiger partial charge in [-0.3, -0.25) is 19.4 Å². The van der Waals surface area contributed by atoms with Crippen LogP contribution in [0.4, 0.5) is 0 Å². The van der Waals surface area contributed by atoms with Gasteiger partial charge in [0.2, 0.25) is 5.91 Å². The van der Waals surface area contributed by atoms with Crippen molar-refractivity contribution < 1.29 is 23.8 Å². The van der Waals surface area contributed by atoms with Crippen LogP contribution in [0.25, 0.3) is 0 Å². The lowest BCUT2D eigenvalue weighted by atomic mass is 10.0. The smallest absolute Gasteiger partial charge is 0.325 e. The second kappa shape index (κ2) is 10.7. The van der Waals surface area contributed by atoms with Crippen molar-refractivity contribution >= 4 is 11.9 Å². The minimum Gasteiger partial charge on any atom is -0.468 e. The molecule has 1 aliphatic heterocycles. The molecule has 0 aliphatic carbocycles. The monoisotopic (exact) mass is 359 g/mol. The van der Waals surface area contributed by atoms with E-state index in [1.54, 1.807) is 11.9 Å². The first kappa shape index (κ1) is 21.8. The van der Waals surface area contributed by atoms with E-state index in [1.165, 1.54) is 7.11 Å². The van der Waals surface area contributed by atoms with Gasteiger partial charge >= 0.3 is 5.97 Å². The van der Waals surface area contributed by atoms with Crippen molar-refractivity contribution in [2.75, 3.05) is 66.8 Å². The molecule has 0 spiro atoms. The number of ether oxygens (including phenoxy) is 3. The fourth-order valence-corrected chi connectivity index (χ4v) is 2.73.